The van der Waals surface area contributed by atoms with E-state index in [1.165, 1.54) is 30.6 Å². The van der Waals surface area contributed by atoms with Gasteiger partial charge in [-0.1, -0.05) is 44.2 Å². The summed E-state index contributed by atoms with van der Waals surface area (Å²) in [6.45, 7) is 4.74. The Kier molecular flexibility index (Phi) is 6.63. The molecule has 1 aromatic rings. The number of rotatable bonds is 7. The molecule has 0 bridgehead atoms. The van der Waals surface area contributed by atoms with Gasteiger partial charge in [-0.3, -0.25) is 0 Å². The summed E-state index contributed by atoms with van der Waals surface area (Å²) in [5, 5.41) is 0. The van der Waals surface area contributed by atoms with E-state index in [4.69, 9.17) is 0 Å². The van der Waals surface area contributed by atoms with Crippen LogP contribution >= 0.6 is 11.8 Å². The first-order valence-corrected chi connectivity index (χ1v) is 7.67. The number of hydrogen-bond acceptors (Lipinski definition) is 1. The van der Waals surface area contributed by atoms with Crippen molar-refractivity contribution in [3.05, 3.63) is 35.9 Å². The maximum atomic E-state index is 2.39. The van der Waals surface area contributed by atoms with Crippen LogP contribution in [-0.2, 0) is 0 Å². The highest BCUT2D eigenvalue weighted by Gasteiger charge is 2.10. The monoisotopic (exact) mass is 236 g/mol. The Morgan fingerprint density at radius 1 is 1.12 bits per heavy atom. The molecule has 0 saturated heterocycles. The first kappa shape index (κ1) is 13.6. The van der Waals surface area contributed by atoms with Gasteiger partial charge >= 0.3 is 0 Å². The summed E-state index contributed by atoms with van der Waals surface area (Å²) < 4.78 is 0. The van der Waals surface area contributed by atoms with Crippen molar-refractivity contribution in [2.24, 2.45) is 5.92 Å². The molecule has 0 heterocycles. The maximum Gasteiger partial charge on any atom is -0.00702 e. The zero-order valence-electron chi connectivity index (χ0n) is 10.8. The molecule has 16 heavy (non-hydrogen) atoms. The molecule has 0 nitrogen and oxygen atoms in total. The van der Waals surface area contributed by atoms with Crippen LogP contribution in [0.5, 0.6) is 0 Å². The van der Waals surface area contributed by atoms with Gasteiger partial charge in [0.05, 0.1) is 0 Å². The van der Waals surface area contributed by atoms with Gasteiger partial charge in [-0.25, -0.2) is 0 Å². The van der Waals surface area contributed by atoms with Gasteiger partial charge in [-0.05, 0) is 48.7 Å². The fourth-order valence-electron chi connectivity index (χ4n) is 2.22. The van der Waals surface area contributed by atoms with E-state index in [9.17, 15) is 0 Å². The lowest BCUT2D eigenvalue weighted by atomic mass is 9.89. The Hall–Kier alpha value is -0.430. The quantitative estimate of drug-likeness (QED) is 0.603. The van der Waals surface area contributed by atoms with Crippen molar-refractivity contribution in [3.8, 4) is 0 Å². The van der Waals surface area contributed by atoms with Crippen LogP contribution in [0.3, 0.4) is 0 Å². The lowest BCUT2D eigenvalue weighted by Crippen LogP contribution is -2.02. The first-order valence-electron chi connectivity index (χ1n) is 6.28. The first-order chi connectivity index (χ1) is 7.74. The Morgan fingerprint density at radius 3 is 2.44 bits per heavy atom. The summed E-state index contributed by atoms with van der Waals surface area (Å²) in [5.74, 6) is 2.86. The third-order valence-electron chi connectivity index (χ3n) is 3.17. The lowest BCUT2D eigenvalue weighted by Gasteiger charge is -2.17. The summed E-state index contributed by atoms with van der Waals surface area (Å²) in [6.07, 6.45) is 6.25. The molecular formula is C15H24S. The molecule has 0 aliphatic carbocycles. The second-order valence-electron chi connectivity index (χ2n) is 4.79. The highest BCUT2D eigenvalue weighted by Crippen LogP contribution is 2.25. The number of thioether (sulfide) groups is 1. The molecule has 2 atom stereocenters. The van der Waals surface area contributed by atoms with E-state index in [0.29, 0.717) is 5.92 Å². The third-order valence-corrected chi connectivity index (χ3v) is 3.87. The van der Waals surface area contributed by atoms with Gasteiger partial charge in [-0.15, -0.1) is 0 Å². The summed E-state index contributed by atoms with van der Waals surface area (Å²) >= 11 is 1.96. The van der Waals surface area contributed by atoms with Gasteiger partial charge in [0.25, 0.3) is 0 Å². The molecule has 0 aliphatic heterocycles. The third kappa shape index (κ3) is 5.07. The Balaban J connectivity index is 2.31. The molecule has 0 spiro atoms. The molecule has 0 aromatic heterocycles. The van der Waals surface area contributed by atoms with Crippen molar-refractivity contribution in [1.82, 2.24) is 0 Å². The van der Waals surface area contributed by atoms with Crippen LogP contribution in [0.15, 0.2) is 30.3 Å². The number of hydrogen-bond donors (Lipinski definition) is 0. The van der Waals surface area contributed by atoms with Gasteiger partial charge in [-0.2, -0.15) is 11.8 Å². The summed E-state index contributed by atoms with van der Waals surface area (Å²) in [4.78, 5) is 0. The van der Waals surface area contributed by atoms with E-state index >= 15 is 0 Å². The van der Waals surface area contributed by atoms with Crippen LogP contribution in [0.2, 0.25) is 0 Å². The molecule has 0 radical (unpaired) electrons. The van der Waals surface area contributed by atoms with Crippen molar-refractivity contribution < 1.29 is 0 Å². The smallest absolute Gasteiger partial charge is 0.00702 e. The van der Waals surface area contributed by atoms with E-state index in [-0.39, 0.29) is 0 Å². The van der Waals surface area contributed by atoms with Crippen molar-refractivity contribution in [3.63, 3.8) is 0 Å². The molecule has 1 heteroatoms. The highest BCUT2D eigenvalue weighted by atomic mass is 32.2. The van der Waals surface area contributed by atoms with Crippen LogP contribution in [0, 0.1) is 5.92 Å². The molecule has 1 rings (SSSR count). The Bertz CT molecular complexity index is 268. The fraction of sp³-hybridized carbons (Fsp3) is 0.600. The highest BCUT2D eigenvalue weighted by molar-refractivity contribution is 7.98. The van der Waals surface area contributed by atoms with E-state index in [2.05, 4.69) is 50.4 Å². The van der Waals surface area contributed by atoms with E-state index < -0.39 is 0 Å². The van der Waals surface area contributed by atoms with Gasteiger partial charge in [0.2, 0.25) is 0 Å². The molecule has 90 valence electrons. The Labute approximate surface area is 105 Å². The minimum atomic E-state index is 0.700. The van der Waals surface area contributed by atoms with Crippen molar-refractivity contribution in [2.45, 2.75) is 39.0 Å². The molecule has 0 N–H and O–H groups in total. The summed E-state index contributed by atoms with van der Waals surface area (Å²) in [5.41, 5.74) is 1.49. The minimum Gasteiger partial charge on any atom is -0.165 e. The average Bonchev–Trinajstić information content (AvgIpc) is 2.30. The largest absolute Gasteiger partial charge is 0.165 e. The molecular weight excluding hydrogens is 212 g/mol. The molecule has 0 saturated carbocycles. The second kappa shape index (κ2) is 7.78. The minimum absolute atomic E-state index is 0.700. The number of benzene rings is 1. The van der Waals surface area contributed by atoms with Gasteiger partial charge in [0.15, 0.2) is 0 Å². The summed E-state index contributed by atoms with van der Waals surface area (Å²) in [7, 11) is 0. The predicted octanol–water partition coefficient (Wildman–Crippen LogP) is 4.96. The fourth-order valence-corrected chi connectivity index (χ4v) is 2.67. The van der Waals surface area contributed by atoms with Crippen LogP contribution in [0.25, 0.3) is 0 Å². The topological polar surface area (TPSA) is 0 Å². The van der Waals surface area contributed by atoms with Crippen LogP contribution < -0.4 is 0 Å². The standard InChI is InChI=1S/C15H24S/c1-13(8-7-11-16-3)12-14(2)15-9-5-4-6-10-15/h4-6,9-10,13-14H,7-8,11-12H2,1-3H3. The zero-order valence-corrected chi connectivity index (χ0v) is 11.6. The van der Waals surface area contributed by atoms with Crippen molar-refractivity contribution >= 4 is 11.8 Å². The zero-order chi connectivity index (χ0) is 11.8. The molecule has 2 unspecified atom stereocenters. The Morgan fingerprint density at radius 2 is 1.81 bits per heavy atom. The van der Waals surface area contributed by atoms with Crippen LogP contribution in [-0.4, -0.2) is 12.0 Å². The molecule has 0 aliphatic rings. The predicted molar refractivity (Wildman–Crippen MR) is 76.3 cm³/mol. The normalized spacial score (nSPS) is 14.7. The van der Waals surface area contributed by atoms with Gasteiger partial charge in [0, 0.05) is 0 Å². The van der Waals surface area contributed by atoms with E-state index in [0.717, 1.165) is 5.92 Å². The molecule has 1 aromatic carbocycles. The van der Waals surface area contributed by atoms with Gasteiger partial charge in [0.1, 0.15) is 0 Å². The van der Waals surface area contributed by atoms with Gasteiger partial charge < -0.3 is 0 Å². The van der Waals surface area contributed by atoms with Crippen molar-refractivity contribution in [2.75, 3.05) is 12.0 Å². The average molecular weight is 236 g/mol. The second-order valence-corrected chi connectivity index (χ2v) is 5.77. The van der Waals surface area contributed by atoms with Crippen molar-refractivity contribution in [1.29, 1.82) is 0 Å². The maximum absolute atomic E-state index is 2.39. The lowest BCUT2D eigenvalue weighted by molar-refractivity contribution is 0.450. The molecule has 0 amide bonds. The van der Waals surface area contributed by atoms with Crippen LogP contribution in [0.4, 0.5) is 0 Å². The summed E-state index contributed by atoms with van der Waals surface area (Å²) in [6, 6.07) is 10.9. The van der Waals surface area contributed by atoms with E-state index in [1.807, 2.05) is 11.8 Å². The van der Waals surface area contributed by atoms with E-state index in [1.54, 1.807) is 0 Å². The molecule has 0 fully saturated rings. The SMILES string of the molecule is CSCCCC(C)CC(C)c1ccccc1. The van der Waals surface area contributed by atoms with Crippen LogP contribution in [0.1, 0.15) is 44.6 Å².